The fourth-order valence-corrected chi connectivity index (χ4v) is 1.42. The van der Waals surface area contributed by atoms with Gasteiger partial charge in [0.1, 0.15) is 0 Å². The second-order valence-electron chi connectivity index (χ2n) is 2.86. The number of aliphatic hydroxyl groups is 4. The summed E-state index contributed by atoms with van der Waals surface area (Å²) in [6.45, 7) is 0. The van der Waals surface area contributed by atoms with Crippen molar-refractivity contribution in [2.45, 2.75) is 12.1 Å². The maximum Gasteiger partial charge on any atom is 0.344 e. The molecule has 0 amide bonds. The molecule has 1 rings (SSSR count). The van der Waals surface area contributed by atoms with Crippen LogP contribution in [0.2, 0.25) is 0 Å². The van der Waals surface area contributed by atoms with Gasteiger partial charge in [-0.3, -0.25) is 0 Å². The zero-order valence-electron chi connectivity index (χ0n) is 7.15. The van der Waals surface area contributed by atoms with Gasteiger partial charge in [0.15, 0.2) is 0 Å². The second-order valence-corrected chi connectivity index (χ2v) is 3.78. The van der Waals surface area contributed by atoms with Crippen LogP contribution in [0.4, 0.5) is 8.78 Å². The molecule has 0 fully saturated rings. The smallest absolute Gasteiger partial charge is 0.336 e. The Kier molecular flexibility index (Phi) is 3.13. The zero-order chi connectivity index (χ0) is 11.9. The minimum absolute atomic E-state index is 0.218. The second kappa shape index (κ2) is 3.76. The number of benzene rings is 1. The molecule has 0 aliphatic carbocycles. The van der Waals surface area contributed by atoms with E-state index < -0.39 is 23.2 Å². The molecule has 4 N–H and O–H groups in total. The third-order valence-corrected chi connectivity index (χ3v) is 2.16. The molecule has 0 unspecified atom stereocenters. The molecule has 0 radical (unpaired) electrons. The summed E-state index contributed by atoms with van der Waals surface area (Å²) >= 11 is 2.88. The highest BCUT2D eigenvalue weighted by Gasteiger charge is 2.37. The molecule has 4 nitrogen and oxygen atoms in total. The lowest BCUT2D eigenvalue weighted by Gasteiger charge is -2.20. The molecule has 7 heteroatoms. The van der Waals surface area contributed by atoms with Crippen LogP contribution in [0.3, 0.4) is 0 Å². The van der Waals surface area contributed by atoms with Crippen molar-refractivity contribution in [1.29, 1.82) is 0 Å². The monoisotopic (exact) mass is 284 g/mol. The summed E-state index contributed by atoms with van der Waals surface area (Å²) in [5, 5.41) is 34.5. The van der Waals surface area contributed by atoms with Crippen LogP contribution in [0.25, 0.3) is 0 Å². The molecular formula is C8H7BrF2O4. The van der Waals surface area contributed by atoms with Gasteiger partial charge in [-0.2, -0.15) is 8.78 Å². The minimum Gasteiger partial charge on any atom is -0.336 e. The Morgan fingerprint density at radius 2 is 1.40 bits per heavy atom. The Morgan fingerprint density at radius 3 is 1.80 bits per heavy atom. The van der Waals surface area contributed by atoms with Crippen molar-refractivity contribution in [2.24, 2.45) is 0 Å². The van der Waals surface area contributed by atoms with Crippen LogP contribution in [0, 0.1) is 0 Å². The normalized spacial score (nSPS) is 13.0. The largest absolute Gasteiger partial charge is 0.344 e. The molecule has 1 aromatic carbocycles. The fourth-order valence-electron chi connectivity index (χ4n) is 1.06. The molecule has 0 heterocycles. The summed E-state index contributed by atoms with van der Waals surface area (Å²) < 4.78 is 25.8. The van der Waals surface area contributed by atoms with E-state index >= 15 is 0 Å². The standard InChI is InChI=1S/C8H7BrF2O4/c9-4-1-2-5(7(10,12)13)6(3-4)8(11,14)15/h1-3,12-15H. The van der Waals surface area contributed by atoms with Gasteiger partial charge < -0.3 is 20.4 Å². The fraction of sp³-hybridized carbons (Fsp3) is 0.250. The number of hydrogen-bond acceptors (Lipinski definition) is 4. The molecule has 0 aromatic heterocycles. The van der Waals surface area contributed by atoms with Crippen LogP contribution < -0.4 is 0 Å². The van der Waals surface area contributed by atoms with E-state index in [0.29, 0.717) is 0 Å². The van der Waals surface area contributed by atoms with E-state index in [1.54, 1.807) is 0 Å². The summed E-state index contributed by atoms with van der Waals surface area (Å²) in [6, 6.07) is -4.90. The minimum atomic E-state index is -3.86. The van der Waals surface area contributed by atoms with E-state index in [4.69, 9.17) is 20.4 Å². The van der Waals surface area contributed by atoms with Gasteiger partial charge in [-0.05, 0) is 18.2 Å². The first-order valence-corrected chi connectivity index (χ1v) is 4.49. The summed E-state index contributed by atoms with van der Waals surface area (Å²) in [5.74, 6) is 0. The van der Waals surface area contributed by atoms with Gasteiger partial charge in [0, 0.05) is 4.47 Å². The molecule has 15 heavy (non-hydrogen) atoms. The van der Waals surface area contributed by atoms with E-state index in [9.17, 15) is 8.78 Å². The van der Waals surface area contributed by atoms with E-state index in [1.165, 1.54) is 6.07 Å². The van der Waals surface area contributed by atoms with Gasteiger partial charge in [0.05, 0.1) is 11.1 Å². The van der Waals surface area contributed by atoms with Crippen LogP contribution in [0.5, 0.6) is 0 Å². The maximum absolute atomic E-state index is 12.8. The molecule has 0 aliphatic rings. The maximum atomic E-state index is 12.8. The van der Waals surface area contributed by atoms with Crippen molar-refractivity contribution in [3.8, 4) is 0 Å². The van der Waals surface area contributed by atoms with Crippen LogP contribution in [-0.2, 0) is 12.1 Å². The van der Waals surface area contributed by atoms with Crippen molar-refractivity contribution in [2.75, 3.05) is 0 Å². The molecule has 0 bridgehead atoms. The van der Waals surface area contributed by atoms with Gasteiger partial charge in [0.2, 0.25) is 0 Å². The van der Waals surface area contributed by atoms with Gasteiger partial charge in [-0.15, -0.1) is 0 Å². The van der Waals surface area contributed by atoms with Gasteiger partial charge in [-0.25, -0.2) is 0 Å². The van der Waals surface area contributed by atoms with Crippen molar-refractivity contribution >= 4 is 15.9 Å². The lowest BCUT2D eigenvalue weighted by atomic mass is 10.1. The Hall–Kier alpha value is -0.600. The molecular weight excluding hydrogens is 278 g/mol. The summed E-state index contributed by atoms with van der Waals surface area (Å²) in [4.78, 5) is 0. The van der Waals surface area contributed by atoms with E-state index in [2.05, 4.69) is 15.9 Å². The Balaban J connectivity index is 3.41. The lowest BCUT2D eigenvalue weighted by Crippen LogP contribution is -2.27. The number of alkyl halides is 2. The van der Waals surface area contributed by atoms with Crippen LogP contribution in [0.1, 0.15) is 11.1 Å². The van der Waals surface area contributed by atoms with E-state index in [1.807, 2.05) is 0 Å². The van der Waals surface area contributed by atoms with Crippen LogP contribution >= 0.6 is 15.9 Å². The van der Waals surface area contributed by atoms with Crippen molar-refractivity contribution in [1.82, 2.24) is 0 Å². The average molecular weight is 285 g/mol. The molecule has 0 aliphatic heterocycles. The van der Waals surface area contributed by atoms with Crippen LogP contribution in [-0.4, -0.2) is 20.4 Å². The highest BCUT2D eigenvalue weighted by atomic mass is 79.9. The average Bonchev–Trinajstić information content (AvgIpc) is 2.00. The first-order valence-electron chi connectivity index (χ1n) is 3.70. The van der Waals surface area contributed by atoms with Gasteiger partial charge >= 0.3 is 12.1 Å². The summed E-state index contributed by atoms with van der Waals surface area (Å²) in [6.07, 6.45) is 0. The molecule has 0 saturated carbocycles. The van der Waals surface area contributed by atoms with Gasteiger partial charge in [-0.1, -0.05) is 15.9 Å². The summed E-state index contributed by atoms with van der Waals surface area (Å²) in [7, 11) is 0. The summed E-state index contributed by atoms with van der Waals surface area (Å²) in [5.41, 5.74) is -1.98. The highest BCUT2D eigenvalue weighted by Crippen LogP contribution is 2.32. The van der Waals surface area contributed by atoms with E-state index in [-0.39, 0.29) is 4.47 Å². The molecule has 1 aromatic rings. The molecule has 0 atom stereocenters. The van der Waals surface area contributed by atoms with Gasteiger partial charge in [0.25, 0.3) is 0 Å². The lowest BCUT2D eigenvalue weighted by molar-refractivity contribution is -0.290. The predicted molar refractivity (Wildman–Crippen MR) is 48.6 cm³/mol. The van der Waals surface area contributed by atoms with Crippen molar-refractivity contribution < 1.29 is 29.2 Å². The van der Waals surface area contributed by atoms with E-state index in [0.717, 1.165) is 12.1 Å². The van der Waals surface area contributed by atoms with Crippen molar-refractivity contribution in [3.05, 3.63) is 33.8 Å². The third kappa shape index (κ3) is 2.93. The number of rotatable bonds is 2. The third-order valence-electron chi connectivity index (χ3n) is 1.67. The Bertz CT molecular complexity index is 370. The quantitative estimate of drug-likeness (QED) is 0.599. The predicted octanol–water partition coefficient (Wildman–Crippen LogP) is 0.578. The molecule has 84 valence electrons. The number of halogens is 3. The topological polar surface area (TPSA) is 80.9 Å². The highest BCUT2D eigenvalue weighted by molar-refractivity contribution is 9.10. The first-order chi connectivity index (χ1) is 6.62. The Morgan fingerprint density at radius 1 is 0.933 bits per heavy atom. The molecule has 0 spiro atoms. The number of hydrogen-bond donors (Lipinski definition) is 4. The van der Waals surface area contributed by atoms with Crippen LogP contribution in [0.15, 0.2) is 22.7 Å². The first kappa shape index (κ1) is 12.5. The SMILES string of the molecule is OC(O)(F)c1ccc(Br)cc1C(O)(O)F. The zero-order valence-corrected chi connectivity index (χ0v) is 8.74. The molecule has 0 saturated heterocycles. The van der Waals surface area contributed by atoms with Crippen molar-refractivity contribution in [3.63, 3.8) is 0 Å². The Labute approximate surface area is 91.5 Å².